The molecule has 0 spiro atoms. The van der Waals surface area contributed by atoms with E-state index in [1.165, 1.54) is 44.9 Å². The zero-order valence-corrected chi connectivity index (χ0v) is 45.9. The molecule has 0 aromatic rings. The van der Waals surface area contributed by atoms with E-state index in [1.807, 2.05) is 0 Å². The minimum absolute atomic E-state index is 0.0568. The first-order valence-electron chi connectivity index (χ1n) is 28.9. The number of aliphatic hydroxyl groups excluding tert-OH is 2. The van der Waals surface area contributed by atoms with Gasteiger partial charge in [0.05, 0.1) is 6.61 Å². The summed E-state index contributed by atoms with van der Waals surface area (Å²) < 4.78 is 28.3. The third-order valence-corrected chi connectivity index (χ3v) is 12.8. The molecule has 0 aromatic carbocycles. The van der Waals surface area contributed by atoms with Gasteiger partial charge >= 0.3 is 23.9 Å². The van der Waals surface area contributed by atoms with E-state index in [4.69, 9.17) is 23.7 Å². The fourth-order valence-corrected chi connectivity index (χ4v) is 8.33. The van der Waals surface area contributed by atoms with Crippen LogP contribution in [-0.4, -0.2) is 89.2 Å². The number of aliphatic carboxylic acids is 1. The van der Waals surface area contributed by atoms with Crippen LogP contribution in [-0.2, 0) is 42.9 Å². The first kappa shape index (κ1) is 67.2. The molecule has 1 fully saturated rings. The highest BCUT2D eigenvalue weighted by atomic mass is 16.7. The Balaban J connectivity index is 2.69. The summed E-state index contributed by atoms with van der Waals surface area (Å²) in [6.45, 7) is 5.79. The first-order chi connectivity index (χ1) is 35.6. The minimum atomic E-state index is -1.91. The number of aliphatic hydroxyl groups is 2. The van der Waals surface area contributed by atoms with Crippen molar-refractivity contribution in [3.63, 3.8) is 0 Å². The molecular formula is C61H102O12. The molecule has 12 heteroatoms. The fraction of sp³-hybridized carbons (Fsp3) is 0.738. The Morgan fingerprint density at radius 3 is 1.34 bits per heavy atom. The van der Waals surface area contributed by atoms with Crippen molar-refractivity contribution >= 4 is 23.9 Å². The maximum atomic E-state index is 13.1. The van der Waals surface area contributed by atoms with Crippen LogP contribution in [0.4, 0.5) is 0 Å². The number of unbranched alkanes of at least 4 members (excludes halogenated alkanes) is 22. The molecule has 12 nitrogen and oxygen atoms in total. The summed E-state index contributed by atoms with van der Waals surface area (Å²) in [5, 5.41) is 31.4. The van der Waals surface area contributed by atoms with Crippen LogP contribution in [0.5, 0.6) is 0 Å². The summed E-state index contributed by atoms with van der Waals surface area (Å²) in [4.78, 5) is 51.0. The van der Waals surface area contributed by atoms with Crippen molar-refractivity contribution in [1.29, 1.82) is 0 Å². The molecule has 1 aliphatic heterocycles. The normalized spacial score (nSPS) is 18.8. The molecule has 1 saturated heterocycles. The standard InChI is InChI=1S/C61H102O12/c1-4-7-10-13-16-19-21-23-25-26-27-28-30-31-33-36-38-41-44-47-53(62)69-50-52(71-54(63)48-45-42-40-37-34-32-29-24-22-20-17-14-11-8-5-2)51-70-61-59(57(66)56(65)58(73-61)60(67)68)72-55(64)49-46-43-39-35-18-15-12-9-6-3/h7,10,16-17,19-20,23-25,27-29,52,56-59,61,65-66H,4-6,8-9,11-15,18,21-22,26,30-51H2,1-3H3,(H,67,68)/b10-7-,19-16-,20-17-,25-23-,28-27-,29-24-. The number of rotatable bonds is 48. The van der Waals surface area contributed by atoms with Crippen molar-refractivity contribution in [2.24, 2.45) is 0 Å². The molecule has 0 bridgehead atoms. The van der Waals surface area contributed by atoms with E-state index in [0.29, 0.717) is 19.3 Å². The van der Waals surface area contributed by atoms with Gasteiger partial charge in [-0.2, -0.15) is 0 Å². The molecule has 1 rings (SSSR count). The highest BCUT2D eigenvalue weighted by molar-refractivity contribution is 5.74. The third-order valence-electron chi connectivity index (χ3n) is 12.8. The zero-order chi connectivity index (χ0) is 53.3. The van der Waals surface area contributed by atoms with Crippen molar-refractivity contribution in [2.75, 3.05) is 13.2 Å². The number of carboxylic acids is 1. The van der Waals surface area contributed by atoms with Crippen molar-refractivity contribution in [3.8, 4) is 0 Å². The van der Waals surface area contributed by atoms with Gasteiger partial charge in [0.25, 0.3) is 0 Å². The van der Waals surface area contributed by atoms with E-state index in [2.05, 4.69) is 93.7 Å². The lowest BCUT2D eigenvalue weighted by Crippen LogP contribution is -2.61. The number of carbonyl (C=O) groups excluding carboxylic acids is 3. The summed E-state index contributed by atoms with van der Waals surface area (Å²) in [5.41, 5.74) is 0. The molecule has 0 aromatic heterocycles. The molecule has 0 saturated carbocycles. The number of hydrogen-bond donors (Lipinski definition) is 3. The van der Waals surface area contributed by atoms with Gasteiger partial charge in [0.2, 0.25) is 0 Å². The average molecular weight is 1030 g/mol. The van der Waals surface area contributed by atoms with E-state index in [9.17, 15) is 34.5 Å². The van der Waals surface area contributed by atoms with Crippen LogP contribution in [0.3, 0.4) is 0 Å². The maximum Gasteiger partial charge on any atom is 0.335 e. The van der Waals surface area contributed by atoms with E-state index < -0.39 is 67.3 Å². The summed E-state index contributed by atoms with van der Waals surface area (Å²) in [7, 11) is 0. The summed E-state index contributed by atoms with van der Waals surface area (Å²) in [6, 6.07) is 0. The summed E-state index contributed by atoms with van der Waals surface area (Å²) in [6.07, 6.45) is 48.9. The van der Waals surface area contributed by atoms with E-state index in [1.54, 1.807) is 0 Å². The second kappa shape index (κ2) is 49.1. The van der Waals surface area contributed by atoms with E-state index in [0.717, 1.165) is 135 Å². The van der Waals surface area contributed by atoms with Gasteiger partial charge in [0.1, 0.15) is 18.8 Å². The smallest absolute Gasteiger partial charge is 0.335 e. The Kier molecular flexibility index (Phi) is 45.1. The SMILES string of the molecule is CC/C=C\C/C=C\C/C=C\C/C=C\CCCCCCCCC(=O)OCC(COC1OC(C(=O)O)C(O)C(O)C1OC(=O)CCCCCCCCCCC)OC(=O)CCCCCCC/C=C\C/C=C\CCCCC. The number of carbonyl (C=O) groups is 4. The monoisotopic (exact) mass is 1030 g/mol. The quantitative estimate of drug-likeness (QED) is 0.0228. The van der Waals surface area contributed by atoms with Crippen molar-refractivity contribution in [3.05, 3.63) is 72.9 Å². The highest BCUT2D eigenvalue weighted by Crippen LogP contribution is 2.26. The molecule has 0 aliphatic carbocycles. The molecule has 0 radical (unpaired) electrons. The van der Waals surface area contributed by atoms with Crippen molar-refractivity contribution in [2.45, 2.75) is 276 Å². The number of ether oxygens (including phenoxy) is 5. The van der Waals surface area contributed by atoms with Crippen LogP contribution in [0, 0.1) is 0 Å². The fourth-order valence-electron chi connectivity index (χ4n) is 8.33. The van der Waals surface area contributed by atoms with Crippen LogP contribution in [0.1, 0.15) is 239 Å². The van der Waals surface area contributed by atoms with E-state index >= 15 is 0 Å². The molecule has 73 heavy (non-hydrogen) atoms. The molecule has 6 atom stereocenters. The first-order valence-corrected chi connectivity index (χ1v) is 28.9. The van der Waals surface area contributed by atoms with Crippen LogP contribution in [0.15, 0.2) is 72.9 Å². The Bertz CT molecular complexity index is 1550. The summed E-state index contributed by atoms with van der Waals surface area (Å²) >= 11 is 0. The lowest BCUT2D eigenvalue weighted by molar-refractivity contribution is -0.301. The molecule has 6 unspecified atom stereocenters. The van der Waals surface area contributed by atoms with Gasteiger partial charge < -0.3 is 39.0 Å². The van der Waals surface area contributed by atoms with Gasteiger partial charge in [-0.15, -0.1) is 0 Å². The van der Waals surface area contributed by atoms with Crippen LogP contribution >= 0.6 is 0 Å². The predicted molar refractivity (Wildman–Crippen MR) is 294 cm³/mol. The molecule has 1 aliphatic rings. The number of allylic oxidation sites excluding steroid dienone is 12. The Labute approximate surface area is 442 Å². The molecule has 418 valence electrons. The number of carboxylic acid groups (broad SMARTS) is 1. The lowest BCUT2D eigenvalue weighted by Gasteiger charge is -2.40. The average Bonchev–Trinajstić information content (AvgIpc) is 3.37. The second-order valence-corrected chi connectivity index (χ2v) is 19.5. The Morgan fingerprint density at radius 2 is 0.863 bits per heavy atom. The number of esters is 3. The van der Waals surface area contributed by atoms with Crippen molar-refractivity contribution in [1.82, 2.24) is 0 Å². The van der Waals surface area contributed by atoms with Gasteiger partial charge in [-0.1, -0.05) is 203 Å². The van der Waals surface area contributed by atoms with Crippen molar-refractivity contribution < 1.29 is 58.2 Å². The van der Waals surface area contributed by atoms with Crippen LogP contribution in [0.25, 0.3) is 0 Å². The van der Waals surface area contributed by atoms with Gasteiger partial charge in [0, 0.05) is 19.3 Å². The Morgan fingerprint density at radius 1 is 0.466 bits per heavy atom. The zero-order valence-electron chi connectivity index (χ0n) is 45.9. The van der Waals surface area contributed by atoms with E-state index in [-0.39, 0.29) is 25.9 Å². The lowest BCUT2D eigenvalue weighted by atomic mass is 9.98. The number of hydrogen-bond acceptors (Lipinski definition) is 11. The maximum absolute atomic E-state index is 13.1. The predicted octanol–water partition coefficient (Wildman–Crippen LogP) is 14.6. The third kappa shape index (κ3) is 39.3. The van der Waals surface area contributed by atoms with Gasteiger partial charge in [0.15, 0.2) is 24.6 Å². The molecule has 3 N–H and O–H groups in total. The minimum Gasteiger partial charge on any atom is -0.479 e. The van der Waals surface area contributed by atoms with Gasteiger partial charge in [-0.25, -0.2) is 4.79 Å². The molecule has 0 amide bonds. The highest BCUT2D eigenvalue weighted by Gasteiger charge is 2.50. The van der Waals surface area contributed by atoms with Gasteiger partial charge in [-0.3, -0.25) is 14.4 Å². The molecule has 1 heterocycles. The van der Waals surface area contributed by atoms with Crippen LogP contribution in [0.2, 0.25) is 0 Å². The second-order valence-electron chi connectivity index (χ2n) is 19.5. The molecular weight excluding hydrogens is 925 g/mol. The van der Waals surface area contributed by atoms with Crippen LogP contribution < -0.4 is 0 Å². The largest absolute Gasteiger partial charge is 0.479 e. The van der Waals surface area contributed by atoms with Gasteiger partial charge in [-0.05, 0) is 89.9 Å². The summed E-state index contributed by atoms with van der Waals surface area (Å²) in [5.74, 6) is -3.16. The Hall–Kier alpha value is -3.84. The topological polar surface area (TPSA) is 175 Å².